The van der Waals surface area contributed by atoms with E-state index < -0.39 is 11.0 Å². The minimum absolute atomic E-state index is 0.0330. The Hall–Kier alpha value is -2.97. The molecule has 0 saturated carbocycles. The van der Waals surface area contributed by atoms with Gasteiger partial charge in [0.1, 0.15) is 6.04 Å². The van der Waals surface area contributed by atoms with Gasteiger partial charge in [-0.1, -0.05) is 41.9 Å². The van der Waals surface area contributed by atoms with E-state index in [4.69, 9.17) is 16.3 Å². The fourth-order valence-electron chi connectivity index (χ4n) is 3.60. The first-order chi connectivity index (χ1) is 14.4. The van der Waals surface area contributed by atoms with Gasteiger partial charge in [0.05, 0.1) is 18.5 Å². The van der Waals surface area contributed by atoms with Crippen LogP contribution in [0.15, 0.2) is 48.5 Å². The summed E-state index contributed by atoms with van der Waals surface area (Å²) in [6, 6.07) is 12.7. The van der Waals surface area contributed by atoms with E-state index in [0.717, 1.165) is 5.56 Å². The second kappa shape index (κ2) is 9.69. The van der Waals surface area contributed by atoms with Crippen molar-refractivity contribution in [1.82, 2.24) is 9.80 Å². The van der Waals surface area contributed by atoms with Crippen molar-refractivity contribution in [3.05, 3.63) is 74.8 Å². The van der Waals surface area contributed by atoms with Crippen LogP contribution < -0.4 is 0 Å². The number of benzene rings is 2. The highest BCUT2D eigenvalue weighted by Crippen LogP contribution is 2.26. The topological polar surface area (TPSA) is 93.0 Å². The van der Waals surface area contributed by atoms with E-state index in [2.05, 4.69) is 0 Å². The van der Waals surface area contributed by atoms with Gasteiger partial charge in [-0.25, -0.2) is 4.79 Å². The van der Waals surface area contributed by atoms with Gasteiger partial charge in [0.25, 0.3) is 5.69 Å². The Morgan fingerprint density at radius 1 is 1.10 bits per heavy atom. The van der Waals surface area contributed by atoms with Crippen LogP contribution in [0.25, 0.3) is 0 Å². The number of esters is 1. The average molecular weight is 432 g/mol. The molecule has 3 rings (SSSR count). The molecule has 1 unspecified atom stereocenters. The molecule has 1 atom stereocenters. The molecule has 1 saturated heterocycles. The zero-order valence-corrected chi connectivity index (χ0v) is 17.2. The second-order valence-corrected chi connectivity index (χ2v) is 7.39. The SMILES string of the molecule is COC(=O)C(c1ccc(Cl)cc1)N1CCN(C(=O)Cc2ccccc2[N+](=O)[O-])CC1. The van der Waals surface area contributed by atoms with Gasteiger partial charge in [-0.3, -0.25) is 19.8 Å². The van der Waals surface area contributed by atoms with Crippen LogP contribution in [0.5, 0.6) is 0 Å². The molecular formula is C21H22ClN3O5. The number of carbonyl (C=O) groups excluding carboxylic acids is 2. The van der Waals surface area contributed by atoms with E-state index in [9.17, 15) is 19.7 Å². The van der Waals surface area contributed by atoms with Crippen molar-refractivity contribution in [1.29, 1.82) is 0 Å². The Bertz CT molecular complexity index is 926. The molecule has 2 aromatic carbocycles. The normalized spacial score (nSPS) is 15.5. The summed E-state index contributed by atoms with van der Waals surface area (Å²) in [5.74, 6) is -0.554. The van der Waals surface area contributed by atoms with Gasteiger partial charge < -0.3 is 9.64 Å². The van der Waals surface area contributed by atoms with Crippen LogP contribution in [0.3, 0.4) is 0 Å². The number of amides is 1. The van der Waals surface area contributed by atoms with Crippen molar-refractivity contribution in [3.8, 4) is 0 Å². The number of methoxy groups -OCH3 is 1. The first-order valence-corrected chi connectivity index (χ1v) is 9.86. The fourth-order valence-corrected chi connectivity index (χ4v) is 3.72. The Morgan fingerprint density at radius 2 is 1.73 bits per heavy atom. The molecule has 0 spiro atoms. The van der Waals surface area contributed by atoms with E-state index in [1.165, 1.54) is 13.2 Å². The second-order valence-electron chi connectivity index (χ2n) is 6.96. The average Bonchev–Trinajstić information content (AvgIpc) is 2.75. The molecule has 2 aromatic rings. The van der Waals surface area contributed by atoms with Gasteiger partial charge >= 0.3 is 5.97 Å². The lowest BCUT2D eigenvalue weighted by Gasteiger charge is -2.38. The van der Waals surface area contributed by atoms with Gasteiger partial charge in [0.2, 0.25) is 5.91 Å². The first-order valence-electron chi connectivity index (χ1n) is 9.48. The van der Waals surface area contributed by atoms with Gasteiger partial charge in [0, 0.05) is 42.8 Å². The number of nitrogens with zero attached hydrogens (tertiary/aromatic N) is 3. The van der Waals surface area contributed by atoms with Crippen molar-refractivity contribution >= 4 is 29.2 Å². The van der Waals surface area contributed by atoms with Crippen molar-refractivity contribution in [2.24, 2.45) is 0 Å². The number of nitro benzene ring substituents is 1. The number of ether oxygens (including phenoxy) is 1. The number of piperazine rings is 1. The maximum absolute atomic E-state index is 12.7. The Morgan fingerprint density at radius 3 is 2.33 bits per heavy atom. The third-order valence-corrected chi connectivity index (χ3v) is 5.42. The van der Waals surface area contributed by atoms with Gasteiger partial charge in [-0.15, -0.1) is 0 Å². The summed E-state index contributed by atoms with van der Waals surface area (Å²) in [6.45, 7) is 1.79. The van der Waals surface area contributed by atoms with Crippen molar-refractivity contribution in [2.45, 2.75) is 12.5 Å². The molecule has 0 aromatic heterocycles. The largest absolute Gasteiger partial charge is 0.468 e. The smallest absolute Gasteiger partial charge is 0.327 e. The Balaban J connectivity index is 1.67. The summed E-state index contributed by atoms with van der Waals surface area (Å²) in [7, 11) is 1.35. The van der Waals surface area contributed by atoms with Crippen molar-refractivity contribution in [3.63, 3.8) is 0 Å². The van der Waals surface area contributed by atoms with Crippen LogP contribution in [0.2, 0.25) is 5.02 Å². The number of nitro groups is 1. The number of hydrogen-bond acceptors (Lipinski definition) is 6. The van der Waals surface area contributed by atoms with Gasteiger partial charge in [-0.05, 0) is 17.7 Å². The standard InChI is InChI=1S/C21H22ClN3O5/c1-30-21(27)20(15-6-8-17(22)9-7-15)24-12-10-23(11-13-24)19(26)14-16-4-2-3-5-18(16)25(28)29/h2-9,20H,10-14H2,1H3. The minimum atomic E-state index is -0.584. The summed E-state index contributed by atoms with van der Waals surface area (Å²) in [6.07, 6.45) is -0.0330. The quantitative estimate of drug-likeness (QED) is 0.396. The zero-order valence-electron chi connectivity index (χ0n) is 16.5. The van der Waals surface area contributed by atoms with Gasteiger partial charge in [0.15, 0.2) is 0 Å². The molecule has 30 heavy (non-hydrogen) atoms. The number of carbonyl (C=O) groups is 2. The third-order valence-electron chi connectivity index (χ3n) is 5.17. The zero-order chi connectivity index (χ0) is 21.7. The lowest BCUT2D eigenvalue weighted by molar-refractivity contribution is -0.385. The molecule has 1 aliphatic rings. The van der Waals surface area contributed by atoms with Crippen LogP contribution >= 0.6 is 11.6 Å². The van der Waals surface area contributed by atoms with E-state index >= 15 is 0 Å². The Kier molecular flexibility index (Phi) is 7.02. The molecule has 158 valence electrons. The monoisotopic (exact) mass is 431 g/mol. The predicted molar refractivity (Wildman–Crippen MR) is 111 cm³/mol. The minimum Gasteiger partial charge on any atom is -0.468 e. The van der Waals surface area contributed by atoms with E-state index in [0.29, 0.717) is 36.8 Å². The van der Waals surface area contributed by atoms with E-state index in [-0.39, 0.29) is 24.0 Å². The number of hydrogen-bond donors (Lipinski definition) is 0. The van der Waals surface area contributed by atoms with Gasteiger partial charge in [-0.2, -0.15) is 0 Å². The highest BCUT2D eigenvalue weighted by molar-refractivity contribution is 6.30. The highest BCUT2D eigenvalue weighted by Gasteiger charge is 2.32. The number of para-hydroxylation sites is 1. The number of halogens is 1. The molecule has 0 bridgehead atoms. The predicted octanol–water partition coefficient (Wildman–Crippen LogP) is 2.85. The van der Waals surface area contributed by atoms with Crippen LogP contribution in [-0.2, 0) is 20.7 Å². The van der Waals surface area contributed by atoms with E-state index in [1.54, 1.807) is 47.4 Å². The van der Waals surface area contributed by atoms with Crippen LogP contribution in [0, 0.1) is 10.1 Å². The lowest BCUT2D eigenvalue weighted by Crippen LogP contribution is -2.51. The molecule has 0 N–H and O–H groups in total. The molecular weight excluding hydrogens is 410 g/mol. The molecule has 1 heterocycles. The van der Waals surface area contributed by atoms with Crippen LogP contribution in [0.4, 0.5) is 5.69 Å². The first kappa shape index (κ1) is 21.7. The van der Waals surface area contributed by atoms with E-state index in [1.807, 2.05) is 4.90 Å². The Labute approximate surface area is 179 Å². The fraction of sp³-hybridized carbons (Fsp3) is 0.333. The molecule has 1 aliphatic heterocycles. The summed E-state index contributed by atoms with van der Waals surface area (Å²) in [5.41, 5.74) is 1.10. The molecule has 1 fully saturated rings. The summed E-state index contributed by atoms with van der Waals surface area (Å²) < 4.78 is 4.98. The van der Waals surface area contributed by atoms with Crippen LogP contribution in [-0.4, -0.2) is 59.9 Å². The summed E-state index contributed by atoms with van der Waals surface area (Å²) in [4.78, 5) is 39.4. The molecule has 1 amide bonds. The maximum Gasteiger partial charge on any atom is 0.327 e. The summed E-state index contributed by atoms with van der Waals surface area (Å²) >= 11 is 5.95. The number of rotatable bonds is 6. The highest BCUT2D eigenvalue weighted by atomic mass is 35.5. The molecule has 0 radical (unpaired) electrons. The third kappa shape index (κ3) is 4.95. The lowest BCUT2D eigenvalue weighted by atomic mass is 10.0. The maximum atomic E-state index is 12.7. The van der Waals surface area contributed by atoms with Crippen molar-refractivity contribution in [2.75, 3.05) is 33.3 Å². The molecule has 0 aliphatic carbocycles. The summed E-state index contributed by atoms with van der Waals surface area (Å²) in [5, 5.41) is 11.7. The molecule has 9 heteroatoms. The van der Waals surface area contributed by atoms with Crippen molar-refractivity contribution < 1.29 is 19.2 Å². The molecule has 8 nitrogen and oxygen atoms in total. The van der Waals surface area contributed by atoms with Crippen LogP contribution in [0.1, 0.15) is 17.2 Å².